The molecule has 0 saturated carbocycles. The molecule has 3 amide bonds. The maximum atomic E-state index is 13.3. The Kier molecular flexibility index (Phi) is 9.03. The zero-order valence-corrected chi connectivity index (χ0v) is 21.4. The van der Waals surface area contributed by atoms with Crippen LogP contribution in [0.2, 0.25) is 0 Å². The van der Waals surface area contributed by atoms with Gasteiger partial charge in [0, 0.05) is 56.9 Å². The molecule has 1 aliphatic heterocycles. The van der Waals surface area contributed by atoms with Crippen LogP contribution in [-0.2, 0) is 9.53 Å². The van der Waals surface area contributed by atoms with Crippen molar-refractivity contribution in [1.82, 2.24) is 9.80 Å². The summed E-state index contributed by atoms with van der Waals surface area (Å²) >= 11 is 0. The van der Waals surface area contributed by atoms with Crippen molar-refractivity contribution in [3.8, 4) is 5.75 Å². The van der Waals surface area contributed by atoms with Gasteiger partial charge >= 0.3 is 0 Å². The van der Waals surface area contributed by atoms with E-state index < -0.39 is 11.7 Å². The van der Waals surface area contributed by atoms with E-state index in [-0.39, 0.29) is 36.5 Å². The van der Waals surface area contributed by atoms with E-state index in [0.717, 1.165) is 0 Å². The zero-order valence-electron chi connectivity index (χ0n) is 21.4. The molecule has 2 aromatic rings. The standard InChI is InChI=1S/C27H34FN3O5/c1-6-25(32)31-14-17(2)24(35-5)15-30(4)27(34)22-12-11-21(13-23(22)36-16-18(31)3)29-26(33)19-7-9-20(28)10-8-19/h7-13,17-18,24H,6,14-16H2,1-5H3,(H,29,33)/t17-,18-,24+/m1/s1. The molecule has 1 N–H and O–H groups in total. The Morgan fingerprint density at radius 3 is 2.47 bits per heavy atom. The van der Waals surface area contributed by atoms with Crippen LogP contribution >= 0.6 is 0 Å². The molecular formula is C27H34FN3O5. The summed E-state index contributed by atoms with van der Waals surface area (Å²) in [4.78, 5) is 42.0. The molecule has 3 atom stereocenters. The minimum absolute atomic E-state index is 0.00820. The van der Waals surface area contributed by atoms with Crippen LogP contribution in [0.15, 0.2) is 42.5 Å². The maximum Gasteiger partial charge on any atom is 0.257 e. The van der Waals surface area contributed by atoms with Gasteiger partial charge < -0.3 is 24.6 Å². The van der Waals surface area contributed by atoms with Gasteiger partial charge in [0.25, 0.3) is 11.8 Å². The molecule has 1 heterocycles. The molecule has 8 nitrogen and oxygen atoms in total. The molecular weight excluding hydrogens is 465 g/mol. The van der Waals surface area contributed by atoms with Crippen LogP contribution in [0.4, 0.5) is 10.1 Å². The van der Waals surface area contributed by atoms with Crippen molar-refractivity contribution in [2.45, 2.75) is 39.3 Å². The number of ether oxygens (including phenoxy) is 2. The van der Waals surface area contributed by atoms with E-state index in [4.69, 9.17) is 9.47 Å². The molecule has 0 spiro atoms. The van der Waals surface area contributed by atoms with Gasteiger partial charge in [0.15, 0.2) is 0 Å². The van der Waals surface area contributed by atoms with Crippen molar-refractivity contribution in [1.29, 1.82) is 0 Å². The Morgan fingerprint density at radius 2 is 1.83 bits per heavy atom. The Balaban J connectivity index is 1.93. The topological polar surface area (TPSA) is 88.2 Å². The molecule has 0 bridgehead atoms. The van der Waals surface area contributed by atoms with Gasteiger partial charge in [-0.25, -0.2) is 4.39 Å². The fourth-order valence-corrected chi connectivity index (χ4v) is 4.20. The molecule has 0 unspecified atom stereocenters. The van der Waals surface area contributed by atoms with Crippen LogP contribution in [0, 0.1) is 11.7 Å². The van der Waals surface area contributed by atoms with E-state index in [1.807, 2.05) is 20.8 Å². The SMILES string of the molecule is CCC(=O)N1C[C@@H](C)[C@@H](OC)CN(C)C(=O)c2ccc(NC(=O)c3ccc(F)cc3)cc2OC[C@H]1C. The Bertz CT molecular complexity index is 1090. The second-order valence-electron chi connectivity index (χ2n) is 9.17. The van der Waals surface area contributed by atoms with E-state index in [1.165, 1.54) is 24.3 Å². The van der Waals surface area contributed by atoms with Crippen molar-refractivity contribution < 1.29 is 28.2 Å². The number of amides is 3. The van der Waals surface area contributed by atoms with Crippen molar-refractivity contribution in [2.75, 3.05) is 39.2 Å². The molecule has 0 saturated heterocycles. The average molecular weight is 500 g/mol. The first-order valence-corrected chi connectivity index (χ1v) is 12.1. The summed E-state index contributed by atoms with van der Waals surface area (Å²) < 4.78 is 25.0. The summed E-state index contributed by atoms with van der Waals surface area (Å²) in [6.45, 7) is 6.70. The Labute approximate surface area is 211 Å². The summed E-state index contributed by atoms with van der Waals surface area (Å²) in [6.07, 6.45) is 0.0971. The molecule has 9 heteroatoms. The first-order valence-electron chi connectivity index (χ1n) is 12.1. The van der Waals surface area contributed by atoms with Gasteiger partial charge in [0.05, 0.1) is 17.7 Å². The molecule has 3 rings (SSSR count). The lowest BCUT2D eigenvalue weighted by Gasteiger charge is -2.36. The van der Waals surface area contributed by atoms with E-state index in [2.05, 4.69) is 5.32 Å². The number of halogens is 1. The third kappa shape index (κ3) is 6.40. The predicted molar refractivity (Wildman–Crippen MR) is 135 cm³/mol. The van der Waals surface area contributed by atoms with Gasteiger partial charge in [-0.15, -0.1) is 0 Å². The molecule has 1 aliphatic rings. The molecule has 2 aromatic carbocycles. The van der Waals surface area contributed by atoms with Crippen LogP contribution in [0.25, 0.3) is 0 Å². The van der Waals surface area contributed by atoms with E-state index in [0.29, 0.717) is 42.1 Å². The Hall–Kier alpha value is -3.46. The van der Waals surface area contributed by atoms with Crippen LogP contribution in [0.5, 0.6) is 5.75 Å². The molecule has 0 radical (unpaired) electrons. The van der Waals surface area contributed by atoms with Crippen LogP contribution < -0.4 is 10.1 Å². The molecule has 0 aliphatic carbocycles. The molecule has 0 aromatic heterocycles. The summed E-state index contributed by atoms with van der Waals surface area (Å²) in [5.41, 5.74) is 1.05. The number of carbonyl (C=O) groups excluding carboxylic acids is 3. The third-order valence-corrected chi connectivity index (χ3v) is 6.43. The number of nitrogens with zero attached hydrogens (tertiary/aromatic N) is 2. The highest BCUT2D eigenvalue weighted by atomic mass is 19.1. The van der Waals surface area contributed by atoms with Gasteiger partial charge in [-0.2, -0.15) is 0 Å². The highest BCUT2D eigenvalue weighted by molar-refractivity contribution is 6.05. The highest BCUT2D eigenvalue weighted by Gasteiger charge is 2.30. The van der Waals surface area contributed by atoms with E-state index >= 15 is 0 Å². The number of hydrogen-bond acceptors (Lipinski definition) is 5. The van der Waals surface area contributed by atoms with Gasteiger partial charge in [-0.1, -0.05) is 13.8 Å². The fourth-order valence-electron chi connectivity index (χ4n) is 4.20. The monoisotopic (exact) mass is 499 g/mol. The largest absolute Gasteiger partial charge is 0.491 e. The number of nitrogens with one attached hydrogen (secondary N) is 1. The van der Waals surface area contributed by atoms with E-state index in [1.54, 1.807) is 42.2 Å². The first-order chi connectivity index (χ1) is 17.1. The average Bonchev–Trinajstić information content (AvgIpc) is 2.87. The van der Waals surface area contributed by atoms with Crippen LogP contribution in [-0.4, -0.2) is 73.5 Å². The summed E-state index contributed by atoms with van der Waals surface area (Å²) in [5, 5.41) is 2.76. The lowest BCUT2D eigenvalue weighted by Crippen LogP contribution is -2.48. The molecule has 0 fully saturated rings. The number of carbonyl (C=O) groups is 3. The van der Waals surface area contributed by atoms with Crippen molar-refractivity contribution >= 4 is 23.4 Å². The predicted octanol–water partition coefficient (Wildman–Crippen LogP) is 3.82. The summed E-state index contributed by atoms with van der Waals surface area (Å²) in [6, 6.07) is 9.76. The lowest BCUT2D eigenvalue weighted by atomic mass is 10.0. The van der Waals surface area contributed by atoms with Crippen molar-refractivity contribution in [3.63, 3.8) is 0 Å². The number of likely N-dealkylation sites (N-methyl/N-ethyl adjacent to an activating group) is 1. The lowest BCUT2D eigenvalue weighted by molar-refractivity contribution is -0.135. The van der Waals surface area contributed by atoms with Crippen molar-refractivity contribution in [3.05, 3.63) is 59.4 Å². The number of hydrogen-bond donors (Lipinski definition) is 1. The number of anilines is 1. The van der Waals surface area contributed by atoms with Gasteiger partial charge in [0.1, 0.15) is 18.2 Å². The normalized spacial score (nSPS) is 21.1. The van der Waals surface area contributed by atoms with Gasteiger partial charge in [0.2, 0.25) is 5.91 Å². The number of methoxy groups -OCH3 is 1. The smallest absolute Gasteiger partial charge is 0.257 e. The minimum atomic E-state index is -0.433. The quantitative estimate of drug-likeness (QED) is 0.691. The van der Waals surface area contributed by atoms with Crippen molar-refractivity contribution in [2.24, 2.45) is 5.92 Å². The summed E-state index contributed by atoms with van der Waals surface area (Å²) in [5.74, 6) is -0.804. The van der Waals surface area contributed by atoms with Gasteiger partial charge in [-0.3, -0.25) is 14.4 Å². The number of benzene rings is 2. The van der Waals surface area contributed by atoms with Crippen LogP contribution in [0.1, 0.15) is 47.9 Å². The minimum Gasteiger partial charge on any atom is -0.491 e. The number of rotatable bonds is 4. The third-order valence-electron chi connectivity index (χ3n) is 6.43. The number of fused-ring (bicyclic) bond motifs is 1. The fraction of sp³-hybridized carbons (Fsp3) is 0.444. The van der Waals surface area contributed by atoms with Gasteiger partial charge in [-0.05, 0) is 43.3 Å². The zero-order chi connectivity index (χ0) is 26.4. The Morgan fingerprint density at radius 1 is 1.14 bits per heavy atom. The maximum absolute atomic E-state index is 13.3. The first kappa shape index (κ1) is 27.1. The second kappa shape index (κ2) is 12.0. The summed E-state index contributed by atoms with van der Waals surface area (Å²) in [7, 11) is 3.30. The molecule has 36 heavy (non-hydrogen) atoms. The molecule has 194 valence electrons. The van der Waals surface area contributed by atoms with Crippen LogP contribution in [0.3, 0.4) is 0 Å². The van der Waals surface area contributed by atoms with E-state index in [9.17, 15) is 18.8 Å². The second-order valence-corrected chi connectivity index (χ2v) is 9.17. The highest BCUT2D eigenvalue weighted by Crippen LogP contribution is 2.27.